The van der Waals surface area contributed by atoms with Crippen LogP contribution in [0.1, 0.15) is 32.6 Å². The van der Waals surface area contributed by atoms with Crippen LogP contribution in [0.2, 0.25) is 0 Å². The first-order valence-electron chi connectivity index (χ1n) is 11.0. The highest BCUT2D eigenvalue weighted by Crippen LogP contribution is 2.24. The molecule has 0 aliphatic carbocycles. The first-order chi connectivity index (χ1) is 15.5. The number of rotatable bonds is 7. The van der Waals surface area contributed by atoms with E-state index in [2.05, 4.69) is 5.32 Å². The summed E-state index contributed by atoms with van der Waals surface area (Å²) in [7, 11) is -3.49. The number of sulfonamides is 1. The average molecular weight is 453 g/mol. The molecule has 0 aromatic heterocycles. The van der Waals surface area contributed by atoms with E-state index < -0.39 is 16.1 Å². The van der Waals surface area contributed by atoms with E-state index in [1.54, 1.807) is 24.3 Å². The third-order valence-corrected chi connectivity index (χ3v) is 7.65. The first kappa shape index (κ1) is 22.3. The Morgan fingerprint density at radius 1 is 0.969 bits per heavy atom. The first-order valence-corrected chi connectivity index (χ1v) is 12.5. The number of ether oxygens (including phenoxy) is 1. The summed E-state index contributed by atoms with van der Waals surface area (Å²) in [6.45, 7) is 3.01. The van der Waals surface area contributed by atoms with Crippen molar-refractivity contribution in [3.05, 3.63) is 66.7 Å². The topological polar surface area (TPSA) is 75.7 Å². The maximum absolute atomic E-state index is 12.8. The summed E-state index contributed by atoms with van der Waals surface area (Å²) in [6, 6.07) is 20.1. The predicted octanol–water partition coefficient (Wildman–Crippen LogP) is 4.81. The maximum Gasteiger partial charge on any atom is 0.265 e. The summed E-state index contributed by atoms with van der Waals surface area (Å²) >= 11 is 0. The molecule has 1 heterocycles. The molecule has 3 aromatic rings. The summed E-state index contributed by atoms with van der Waals surface area (Å²) < 4.78 is 33.1. The second-order valence-electron chi connectivity index (χ2n) is 8.00. The zero-order valence-corrected chi connectivity index (χ0v) is 19.0. The van der Waals surface area contributed by atoms with Gasteiger partial charge in [0.05, 0.1) is 4.90 Å². The summed E-state index contributed by atoms with van der Waals surface area (Å²) in [5.74, 6) is 0.362. The molecule has 1 aliphatic heterocycles. The van der Waals surface area contributed by atoms with Crippen LogP contribution >= 0.6 is 0 Å². The lowest BCUT2D eigenvalue weighted by atomic mass is 10.1. The van der Waals surface area contributed by atoms with Gasteiger partial charge in [-0.25, -0.2) is 8.42 Å². The van der Waals surface area contributed by atoms with Gasteiger partial charge >= 0.3 is 0 Å². The van der Waals surface area contributed by atoms with E-state index in [0.29, 0.717) is 30.9 Å². The Labute approximate surface area is 189 Å². The number of carbonyl (C=O) groups is 1. The highest BCUT2D eigenvalue weighted by molar-refractivity contribution is 7.89. The van der Waals surface area contributed by atoms with Gasteiger partial charge in [-0.2, -0.15) is 4.31 Å². The molecule has 0 saturated carbocycles. The fourth-order valence-corrected chi connectivity index (χ4v) is 5.43. The average Bonchev–Trinajstić information content (AvgIpc) is 2.83. The van der Waals surface area contributed by atoms with Gasteiger partial charge < -0.3 is 10.1 Å². The summed E-state index contributed by atoms with van der Waals surface area (Å²) in [5.41, 5.74) is 0.535. The minimum absolute atomic E-state index is 0.247. The predicted molar refractivity (Wildman–Crippen MR) is 126 cm³/mol. The lowest BCUT2D eigenvalue weighted by molar-refractivity contribution is -0.122. The Morgan fingerprint density at radius 2 is 1.66 bits per heavy atom. The third kappa shape index (κ3) is 4.95. The van der Waals surface area contributed by atoms with E-state index in [9.17, 15) is 13.2 Å². The van der Waals surface area contributed by atoms with Crippen LogP contribution in [-0.2, 0) is 14.8 Å². The van der Waals surface area contributed by atoms with Gasteiger partial charge in [0.25, 0.3) is 5.91 Å². The number of fused-ring (bicyclic) bond motifs is 1. The van der Waals surface area contributed by atoms with E-state index >= 15 is 0 Å². The molecule has 1 amide bonds. The standard InChI is InChI=1S/C25H28N2O4S/c1-2-24(31-22-13-10-19-8-4-5-9-20(19)18-22)25(28)26-21-11-14-23(15-12-21)32(29,30)27-16-6-3-7-17-27/h4-5,8-15,18,24H,2-3,6-7,16-17H2,1H3,(H,26,28)/t24-/m1/s1. The fraction of sp³-hybridized carbons (Fsp3) is 0.320. The molecule has 0 spiro atoms. The van der Waals surface area contributed by atoms with E-state index in [1.165, 1.54) is 4.31 Å². The summed E-state index contributed by atoms with van der Waals surface area (Å²) in [5, 5.41) is 4.99. The molecule has 168 valence electrons. The Balaban J connectivity index is 1.42. The third-order valence-electron chi connectivity index (χ3n) is 5.74. The molecular weight excluding hydrogens is 424 g/mol. The minimum atomic E-state index is -3.49. The van der Waals surface area contributed by atoms with Crippen molar-refractivity contribution in [3.8, 4) is 5.75 Å². The number of hydrogen-bond donors (Lipinski definition) is 1. The Kier molecular flexibility index (Phi) is 6.77. The van der Waals surface area contributed by atoms with Crippen LogP contribution in [0.3, 0.4) is 0 Å². The Bertz CT molecular complexity index is 1190. The number of nitrogens with zero attached hydrogens (tertiary/aromatic N) is 1. The molecular formula is C25H28N2O4S. The number of amides is 1. The van der Waals surface area contributed by atoms with Gasteiger partial charge in [0.15, 0.2) is 6.10 Å². The van der Waals surface area contributed by atoms with Crippen molar-refractivity contribution in [1.82, 2.24) is 4.31 Å². The van der Waals surface area contributed by atoms with E-state index in [0.717, 1.165) is 30.0 Å². The van der Waals surface area contributed by atoms with Crippen LogP contribution in [0, 0.1) is 0 Å². The largest absolute Gasteiger partial charge is 0.481 e. The van der Waals surface area contributed by atoms with Crippen LogP contribution in [0.15, 0.2) is 71.6 Å². The minimum Gasteiger partial charge on any atom is -0.481 e. The highest BCUT2D eigenvalue weighted by Gasteiger charge is 2.26. The molecule has 4 rings (SSSR count). The highest BCUT2D eigenvalue weighted by atomic mass is 32.2. The molecule has 3 aromatic carbocycles. The molecule has 7 heteroatoms. The molecule has 1 saturated heterocycles. The monoisotopic (exact) mass is 452 g/mol. The van der Waals surface area contributed by atoms with Crippen molar-refractivity contribution < 1.29 is 17.9 Å². The smallest absolute Gasteiger partial charge is 0.265 e. The van der Waals surface area contributed by atoms with Gasteiger partial charge in [-0.1, -0.05) is 43.7 Å². The number of carbonyl (C=O) groups excluding carboxylic acids is 1. The molecule has 0 bridgehead atoms. The van der Waals surface area contributed by atoms with Crippen molar-refractivity contribution in [1.29, 1.82) is 0 Å². The normalized spacial score (nSPS) is 15.9. The molecule has 32 heavy (non-hydrogen) atoms. The number of anilines is 1. The van der Waals surface area contributed by atoms with Crippen molar-refractivity contribution in [2.75, 3.05) is 18.4 Å². The summed E-state index contributed by atoms with van der Waals surface area (Å²) in [6.07, 6.45) is 2.69. The van der Waals surface area contributed by atoms with Crippen molar-refractivity contribution >= 4 is 32.4 Å². The number of piperidine rings is 1. The number of nitrogens with one attached hydrogen (secondary N) is 1. The van der Waals surface area contributed by atoms with Gasteiger partial charge in [-0.05, 0) is 66.4 Å². The number of hydrogen-bond acceptors (Lipinski definition) is 4. The van der Waals surface area contributed by atoms with Gasteiger partial charge in [0.2, 0.25) is 10.0 Å². The van der Waals surface area contributed by atoms with Gasteiger partial charge in [0.1, 0.15) is 5.75 Å². The molecule has 0 radical (unpaired) electrons. The van der Waals surface area contributed by atoms with Crippen molar-refractivity contribution in [2.24, 2.45) is 0 Å². The van der Waals surface area contributed by atoms with Crippen LogP contribution in [-0.4, -0.2) is 37.8 Å². The van der Waals surface area contributed by atoms with Gasteiger partial charge in [0, 0.05) is 18.8 Å². The van der Waals surface area contributed by atoms with Crippen LogP contribution in [0.4, 0.5) is 5.69 Å². The second-order valence-corrected chi connectivity index (χ2v) is 9.94. The van der Waals surface area contributed by atoms with Crippen LogP contribution < -0.4 is 10.1 Å². The Hall–Kier alpha value is -2.90. The molecule has 1 atom stereocenters. The Morgan fingerprint density at radius 3 is 2.34 bits per heavy atom. The quantitative estimate of drug-likeness (QED) is 0.558. The molecule has 1 N–H and O–H groups in total. The molecule has 1 fully saturated rings. The zero-order chi connectivity index (χ0) is 22.6. The zero-order valence-electron chi connectivity index (χ0n) is 18.2. The lowest BCUT2D eigenvalue weighted by Gasteiger charge is -2.26. The van der Waals surface area contributed by atoms with Crippen LogP contribution in [0.5, 0.6) is 5.75 Å². The molecule has 6 nitrogen and oxygen atoms in total. The van der Waals surface area contributed by atoms with Gasteiger partial charge in [-0.15, -0.1) is 0 Å². The van der Waals surface area contributed by atoms with E-state index in [1.807, 2.05) is 49.4 Å². The van der Waals surface area contributed by atoms with Crippen molar-refractivity contribution in [3.63, 3.8) is 0 Å². The molecule has 0 unspecified atom stereocenters. The fourth-order valence-electron chi connectivity index (χ4n) is 3.91. The summed E-state index contributed by atoms with van der Waals surface area (Å²) in [4.78, 5) is 13.0. The second kappa shape index (κ2) is 9.71. The number of benzene rings is 3. The maximum atomic E-state index is 12.8. The van der Waals surface area contributed by atoms with Gasteiger partial charge in [-0.3, -0.25) is 4.79 Å². The van der Waals surface area contributed by atoms with E-state index in [4.69, 9.17) is 4.74 Å². The van der Waals surface area contributed by atoms with Crippen LogP contribution in [0.25, 0.3) is 10.8 Å². The molecule has 1 aliphatic rings. The van der Waals surface area contributed by atoms with E-state index in [-0.39, 0.29) is 10.8 Å². The van der Waals surface area contributed by atoms with Crippen molar-refractivity contribution in [2.45, 2.75) is 43.6 Å². The SMILES string of the molecule is CC[C@@H](Oc1ccc2ccccc2c1)C(=O)Nc1ccc(S(=O)(=O)N2CCCCC2)cc1. The lowest BCUT2D eigenvalue weighted by Crippen LogP contribution is -2.35.